The van der Waals surface area contributed by atoms with Crippen molar-refractivity contribution in [2.75, 3.05) is 11.5 Å². The first kappa shape index (κ1) is 12.0. The van der Waals surface area contributed by atoms with Crippen molar-refractivity contribution >= 4 is 23.5 Å². The summed E-state index contributed by atoms with van der Waals surface area (Å²) < 4.78 is 38.1. The van der Waals surface area contributed by atoms with Gasteiger partial charge >= 0.3 is 6.18 Å². The van der Waals surface area contributed by atoms with Gasteiger partial charge in [-0.15, -0.1) is 30.1 Å². The Morgan fingerprint density at radius 3 is 2.36 bits per heavy atom. The van der Waals surface area contributed by atoms with Crippen molar-refractivity contribution in [3.05, 3.63) is 22.5 Å². The molecule has 1 aliphatic heterocycles. The highest BCUT2D eigenvalue weighted by atomic mass is 32.2. The molecule has 0 bridgehead atoms. The van der Waals surface area contributed by atoms with Crippen LogP contribution in [0.1, 0.15) is 12.8 Å². The monoisotopic (exact) mass is 240 g/mol. The molecule has 14 heavy (non-hydrogen) atoms. The molecule has 0 spiro atoms. The van der Waals surface area contributed by atoms with Crippen LogP contribution in [0.4, 0.5) is 13.2 Å². The Morgan fingerprint density at radius 2 is 1.93 bits per heavy atom. The van der Waals surface area contributed by atoms with Crippen molar-refractivity contribution in [2.45, 2.75) is 19.0 Å². The molecule has 1 saturated heterocycles. The highest BCUT2D eigenvalue weighted by Gasteiger charge is 2.35. The predicted octanol–water partition coefficient (Wildman–Crippen LogP) is 4.21. The van der Waals surface area contributed by atoms with E-state index in [4.69, 9.17) is 0 Å². The van der Waals surface area contributed by atoms with E-state index in [2.05, 4.69) is 6.58 Å². The van der Waals surface area contributed by atoms with E-state index in [0.29, 0.717) is 4.24 Å². The summed E-state index contributed by atoms with van der Waals surface area (Å²) in [4.78, 5) is 0. The molecule has 1 rings (SSSR count). The van der Waals surface area contributed by atoms with E-state index >= 15 is 0 Å². The van der Waals surface area contributed by atoms with Gasteiger partial charge < -0.3 is 0 Å². The Bertz CT molecular complexity index is 235. The molecule has 0 amide bonds. The third kappa shape index (κ3) is 3.28. The van der Waals surface area contributed by atoms with Gasteiger partial charge in [-0.2, -0.15) is 13.2 Å². The number of halogens is 3. The Kier molecular flexibility index (Phi) is 4.44. The summed E-state index contributed by atoms with van der Waals surface area (Å²) in [6, 6.07) is 0. The zero-order valence-electron chi connectivity index (χ0n) is 7.56. The summed E-state index contributed by atoms with van der Waals surface area (Å²) in [5.74, 6) is 1.58. The molecule has 0 aliphatic carbocycles. The highest BCUT2D eigenvalue weighted by Crippen LogP contribution is 2.43. The molecule has 1 fully saturated rings. The lowest BCUT2D eigenvalue weighted by Gasteiger charge is -2.19. The van der Waals surface area contributed by atoms with E-state index in [9.17, 15) is 13.2 Å². The highest BCUT2D eigenvalue weighted by molar-refractivity contribution is 8.22. The third-order valence-corrected chi connectivity index (χ3v) is 4.40. The molecule has 0 aromatic rings. The maximum atomic E-state index is 12.6. The average Bonchev–Trinajstić information content (AvgIpc) is 2.14. The van der Waals surface area contributed by atoms with Gasteiger partial charge in [-0.3, -0.25) is 0 Å². The lowest BCUT2D eigenvalue weighted by Crippen LogP contribution is -2.13. The number of hydrogen-bond donors (Lipinski definition) is 0. The lowest BCUT2D eigenvalue weighted by molar-refractivity contribution is -0.0928. The zero-order chi connectivity index (χ0) is 10.6. The molecule has 5 heteroatoms. The fraction of sp³-hybridized carbons (Fsp3) is 0.556. The quantitative estimate of drug-likeness (QED) is 0.663. The van der Waals surface area contributed by atoms with Gasteiger partial charge in [-0.1, -0.05) is 6.08 Å². The zero-order valence-corrected chi connectivity index (χ0v) is 9.20. The van der Waals surface area contributed by atoms with Crippen molar-refractivity contribution < 1.29 is 13.2 Å². The van der Waals surface area contributed by atoms with Crippen LogP contribution in [0.25, 0.3) is 0 Å². The minimum absolute atomic E-state index is 0.0845. The van der Waals surface area contributed by atoms with Crippen LogP contribution in [-0.2, 0) is 0 Å². The van der Waals surface area contributed by atoms with Crippen LogP contribution >= 0.6 is 23.5 Å². The van der Waals surface area contributed by atoms with Crippen LogP contribution < -0.4 is 0 Å². The summed E-state index contributed by atoms with van der Waals surface area (Å²) >= 11 is 2.63. The summed E-state index contributed by atoms with van der Waals surface area (Å²) in [5, 5.41) is 0. The standard InChI is InChI=1S/C9H11F3S2/c1-2-4-7(9(10,11)12)8-13-5-3-6-14-8/h2H,1,3-6H2. The molecule has 0 aromatic heterocycles. The number of allylic oxidation sites excluding steroid dienone is 2. The van der Waals surface area contributed by atoms with Crippen molar-refractivity contribution in [3.8, 4) is 0 Å². The molecule has 0 nitrogen and oxygen atoms in total. The van der Waals surface area contributed by atoms with Crippen molar-refractivity contribution in [3.63, 3.8) is 0 Å². The van der Waals surface area contributed by atoms with E-state index in [0.717, 1.165) is 17.9 Å². The third-order valence-electron chi connectivity index (χ3n) is 1.69. The van der Waals surface area contributed by atoms with Crippen LogP contribution in [0.5, 0.6) is 0 Å². The molecule has 0 aromatic carbocycles. The van der Waals surface area contributed by atoms with Gasteiger partial charge in [0.1, 0.15) is 0 Å². The van der Waals surface area contributed by atoms with Crippen LogP contribution in [0.2, 0.25) is 0 Å². The van der Waals surface area contributed by atoms with Gasteiger partial charge in [-0.05, 0) is 24.3 Å². The molecule has 0 saturated carbocycles. The fourth-order valence-electron chi connectivity index (χ4n) is 1.06. The van der Waals surface area contributed by atoms with Gasteiger partial charge in [-0.25, -0.2) is 0 Å². The maximum absolute atomic E-state index is 12.6. The second kappa shape index (κ2) is 5.16. The molecule has 0 radical (unpaired) electrons. The Morgan fingerprint density at radius 1 is 1.36 bits per heavy atom. The first-order chi connectivity index (χ1) is 6.55. The van der Waals surface area contributed by atoms with Crippen LogP contribution in [0, 0.1) is 0 Å². The van der Waals surface area contributed by atoms with Gasteiger partial charge in [0.15, 0.2) is 0 Å². The second-order valence-electron chi connectivity index (χ2n) is 2.81. The van der Waals surface area contributed by atoms with Gasteiger partial charge in [0, 0.05) is 4.24 Å². The van der Waals surface area contributed by atoms with Gasteiger partial charge in [0.2, 0.25) is 0 Å². The minimum atomic E-state index is -4.21. The summed E-state index contributed by atoms with van der Waals surface area (Å²) in [6.45, 7) is 3.36. The maximum Gasteiger partial charge on any atom is 0.414 e. The molecule has 0 atom stereocenters. The normalized spacial score (nSPS) is 18.1. The minimum Gasteiger partial charge on any atom is -0.166 e. The van der Waals surface area contributed by atoms with E-state index in [1.807, 2.05) is 0 Å². The van der Waals surface area contributed by atoms with E-state index < -0.39 is 11.7 Å². The largest absolute Gasteiger partial charge is 0.414 e. The first-order valence-electron chi connectivity index (χ1n) is 4.22. The Labute approximate surface area is 90.0 Å². The Hall–Kier alpha value is -0.0300. The molecular formula is C9H11F3S2. The van der Waals surface area contributed by atoms with Crippen LogP contribution in [0.3, 0.4) is 0 Å². The molecule has 1 aliphatic rings. The summed E-state index contributed by atoms with van der Waals surface area (Å²) in [7, 11) is 0. The summed E-state index contributed by atoms with van der Waals surface area (Å²) in [6.07, 6.45) is -2.00. The SMILES string of the molecule is C=CCC(=C1SCCCS1)C(F)(F)F. The molecule has 1 heterocycles. The van der Waals surface area contributed by atoms with Crippen LogP contribution in [0.15, 0.2) is 22.5 Å². The molecule has 80 valence electrons. The van der Waals surface area contributed by atoms with E-state index in [1.165, 1.54) is 29.6 Å². The number of thioether (sulfide) groups is 2. The molecular weight excluding hydrogens is 229 g/mol. The average molecular weight is 240 g/mol. The summed E-state index contributed by atoms with van der Waals surface area (Å²) in [5.41, 5.74) is -0.429. The predicted molar refractivity (Wildman–Crippen MR) is 57.4 cm³/mol. The first-order valence-corrected chi connectivity index (χ1v) is 6.19. The van der Waals surface area contributed by atoms with Crippen molar-refractivity contribution in [1.29, 1.82) is 0 Å². The number of alkyl halides is 3. The van der Waals surface area contributed by atoms with Crippen molar-refractivity contribution in [1.82, 2.24) is 0 Å². The number of hydrogen-bond acceptors (Lipinski definition) is 2. The van der Waals surface area contributed by atoms with E-state index in [1.54, 1.807) is 0 Å². The van der Waals surface area contributed by atoms with Crippen LogP contribution in [-0.4, -0.2) is 17.7 Å². The molecule has 0 N–H and O–H groups in total. The van der Waals surface area contributed by atoms with Gasteiger partial charge in [0.25, 0.3) is 0 Å². The van der Waals surface area contributed by atoms with Crippen molar-refractivity contribution in [2.24, 2.45) is 0 Å². The van der Waals surface area contributed by atoms with Gasteiger partial charge in [0.05, 0.1) is 5.57 Å². The second-order valence-corrected chi connectivity index (χ2v) is 5.28. The Balaban J connectivity index is 2.87. The smallest absolute Gasteiger partial charge is 0.166 e. The fourth-order valence-corrected chi connectivity index (χ4v) is 3.77. The van der Waals surface area contributed by atoms with E-state index in [-0.39, 0.29) is 6.42 Å². The topological polar surface area (TPSA) is 0 Å². The lowest BCUT2D eigenvalue weighted by atomic mass is 10.2. The molecule has 0 unspecified atom stereocenters. The number of rotatable bonds is 2.